The number of carbonyl (C=O) groups is 2. The molecule has 5 nitrogen and oxygen atoms in total. The van der Waals surface area contributed by atoms with Crippen LogP contribution in [-0.2, 0) is 16.0 Å². The highest BCUT2D eigenvalue weighted by Crippen LogP contribution is 2.28. The topological polar surface area (TPSA) is 53.5 Å². The SMILES string of the molecule is CC(=O)N1CCCN(C(=O)Cc2csc(-c3cccs3)n2)CC1. The Kier molecular flexibility index (Phi) is 5.07. The second-order valence-electron chi connectivity index (χ2n) is 5.54. The standard InChI is InChI=1S/C16H19N3O2S2/c1-12(20)18-5-3-6-19(8-7-18)15(21)10-13-11-23-16(17-13)14-4-2-9-22-14/h2,4,9,11H,3,5-8,10H2,1H3. The maximum atomic E-state index is 12.5. The molecule has 1 fully saturated rings. The average Bonchev–Trinajstić information content (AvgIpc) is 3.13. The van der Waals surface area contributed by atoms with Crippen LogP contribution in [0.2, 0.25) is 0 Å². The fourth-order valence-corrected chi connectivity index (χ4v) is 4.28. The second-order valence-corrected chi connectivity index (χ2v) is 7.34. The van der Waals surface area contributed by atoms with Gasteiger partial charge in [-0.25, -0.2) is 4.98 Å². The number of nitrogens with zero attached hydrogens (tertiary/aromatic N) is 3. The predicted octanol–water partition coefficient (Wildman–Crippen LogP) is 2.49. The van der Waals surface area contributed by atoms with Gasteiger partial charge in [0.15, 0.2) is 0 Å². The lowest BCUT2D eigenvalue weighted by Crippen LogP contribution is -2.37. The third-order valence-electron chi connectivity index (χ3n) is 3.91. The first-order valence-electron chi connectivity index (χ1n) is 7.65. The minimum absolute atomic E-state index is 0.0828. The largest absolute Gasteiger partial charge is 0.341 e. The molecule has 1 aliphatic heterocycles. The van der Waals surface area contributed by atoms with Gasteiger partial charge in [-0.3, -0.25) is 9.59 Å². The molecule has 1 saturated heterocycles. The summed E-state index contributed by atoms with van der Waals surface area (Å²) in [6, 6.07) is 4.05. The van der Waals surface area contributed by atoms with Crippen molar-refractivity contribution in [3.63, 3.8) is 0 Å². The zero-order valence-corrected chi connectivity index (χ0v) is 14.7. The Labute approximate surface area is 143 Å². The summed E-state index contributed by atoms with van der Waals surface area (Å²) in [6.45, 7) is 4.26. The first-order chi connectivity index (χ1) is 11.1. The van der Waals surface area contributed by atoms with Gasteiger partial charge >= 0.3 is 0 Å². The summed E-state index contributed by atoms with van der Waals surface area (Å²) in [5.41, 5.74) is 0.830. The predicted molar refractivity (Wildman–Crippen MR) is 92.6 cm³/mol. The van der Waals surface area contributed by atoms with Gasteiger partial charge in [0.25, 0.3) is 0 Å². The van der Waals surface area contributed by atoms with E-state index >= 15 is 0 Å². The van der Waals surface area contributed by atoms with E-state index in [1.54, 1.807) is 29.6 Å². The highest BCUT2D eigenvalue weighted by atomic mass is 32.1. The third-order valence-corrected chi connectivity index (χ3v) is 5.84. The number of rotatable bonds is 3. The molecule has 0 radical (unpaired) electrons. The molecule has 0 N–H and O–H groups in total. The number of thiazole rings is 1. The Morgan fingerprint density at radius 1 is 1.17 bits per heavy atom. The molecule has 2 amide bonds. The molecule has 1 aliphatic rings. The van der Waals surface area contributed by atoms with E-state index in [2.05, 4.69) is 4.98 Å². The van der Waals surface area contributed by atoms with Crippen LogP contribution in [-0.4, -0.2) is 52.8 Å². The first kappa shape index (κ1) is 16.1. The first-order valence-corrected chi connectivity index (χ1v) is 9.41. The summed E-state index contributed by atoms with van der Waals surface area (Å²) >= 11 is 3.24. The van der Waals surface area contributed by atoms with E-state index < -0.39 is 0 Å². The summed E-state index contributed by atoms with van der Waals surface area (Å²) in [5.74, 6) is 0.179. The molecule has 0 aromatic carbocycles. The van der Waals surface area contributed by atoms with Crippen LogP contribution in [0.25, 0.3) is 9.88 Å². The molecule has 2 aromatic heterocycles. The van der Waals surface area contributed by atoms with E-state index in [9.17, 15) is 9.59 Å². The number of aromatic nitrogens is 1. The van der Waals surface area contributed by atoms with Crippen LogP contribution in [0.3, 0.4) is 0 Å². The van der Waals surface area contributed by atoms with Crippen LogP contribution in [0.4, 0.5) is 0 Å². The normalized spacial score (nSPS) is 15.5. The lowest BCUT2D eigenvalue weighted by molar-refractivity contribution is -0.132. The fourth-order valence-electron chi connectivity index (χ4n) is 2.65. The quantitative estimate of drug-likeness (QED) is 0.855. The zero-order valence-electron chi connectivity index (χ0n) is 13.0. The van der Waals surface area contributed by atoms with Crippen molar-refractivity contribution in [1.29, 1.82) is 0 Å². The van der Waals surface area contributed by atoms with Gasteiger partial charge in [0.2, 0.25) is 11.8 Å². The third kappa shape index (κ3) is 3.97. The van der Waals surface area contributed by atoms with Gasteiger partial charge in [-0.2, -0.15) is 0 Å². The molecule has 3 heterocycles. The van der Waals surface area contributed by atoms with Gasteiger partial charge in [-0.1, -0.05) is 6.07 Å². The molecule has 23 heavy (non-hydrogen) atoms. The van der Waals surface area contributed by atoms with Gasteiger partial charge in [-0.15, -0.1) is 22.7 Å². The van der Waals surface area contributed by atoms with E-state index in [1.807, 2.05) is 32.7 Å². The van der Waals surface area contributed by atoms with E-state index in [-0.39, 0.29) is 11.8 Å². The Morgan fingerprint density at radius 2 is 1.96 bits per heavy atom. The van der Waals surface area contributed by atoms with Gasteiger partial charge in [0.1, 0.15) is 5.01 Å². The molecule has 0 unspecified atom stereocenters. The molecule has 0 spiro atoms. The number of amides is 2. The van der Waals surface area contributed by atoms with Crippen molar-refractivity contribution in [2.75, 3.05) is 26.2 Å². The van der Waals surface area contributed by atoms with Crippen molar-refractivity contribution in [3.8, 4) is 9.88 Å². The molecule has 3 rings (SSSR count). The van der Waals surface area contributed by atoms with Gasteiger partial charge in [0.05, 0.1) is 17.0 Å². The Bertz CT molecular complexity index is 681. The summed E-state index contributed by atoms with van der Waals surface area (Å²) in [4.78, 5) is 33.3. The maximum Gasteiger partial charge on any atom is 0.228 e. The number of hydrogen-bond acceptors (Lipinski definition) is 5. The van der Waals surface area contributed by atoms with Crippen molar-refractivity contribution < 1.29 is 9.59 Å². The van der Waals surface area contributed by atoms with Crippen LogP contribution < -0.4 is 0 Å². The summed E-state index contributed by atoms with van der Waals surface area (Å²) in [7, 11) is 0. The molecule has 7 heteroatoms. The number of hydrogen-bond donors (Lipinski definition) is 0. The zero-order chi connectivity index (χ0) is 16.2. The smallest absolute Gasteiger partial charge is 0.228 e. The van der Waals surface area contributed by atoms with Crippen molar-refractivity contribution in [2.24, 2.45) is 0 Å². The molecule has 0 aliphatic carbocycles. The molecule has 2 aromatic rings. The van der Waals surface area contributed by atoms with Gasteiger partial charge in [-0.05, 0) is 17.9 Å². The van der Waals surface area contributed by atoms with Crippen LogP contribution in [0.15, 0.2) is 22.9 Å². The van der Waals surface area contributed by atoms with E-state index in [0.29, 0.717) is 26.1 Å². The maximum absolute atomic E-state index is 12.5. The summed E-state index contributed by atoms with van der Waals surface area (Å²) in [6.07, 6.45) is 1.17. The Hall–Kier alpha value is -1.73. The van der Waals surface area contributed by atoms with Gasteiger partial charge < -0.3 is 9.80 Å². The van der Waals surface area contributed by atoms with Crippen LogP contribution in [0.5, 0.6) is 0 Å². The summed E-state index contributed by atoms with van der Waals surface area (Å²) in [5, 5.41) is 4.97. The van der Waals surface area contributed by atoms with Crippen LogP contribution >= 0.6 is 22.7 Å². The van der Waals surface area contributed by atoms with Crippen molar-refractivity contribution in [1.82, 2.24) is 14.8 Å². The summed E-state index contributed by atoms with van der Waals surface area (Å²) < 4.78 is 0. The minimum Gasteiger partial charge on any atom is -0.341 e. The fraction of sp³-hybridized carbons (Fsp3) is 0.438. The number of thiophene rings is 1. The molecule has 0 bridgehead atoms. The lowest BCUT2D eigenvalue weighted by atomic mass is 10.3. The van der Waals surface area contributed by atoms with E-state index in [1.165, 1.54) is 0 Å². The lowest BCUT2D eigenvalue weighted by Gasteiger charge is -2.21. The Balaban J connectivity index is 1.60. The van der Waals surface area contributed by atoms with Crippen LogP contribution in [0.1, 0.15) is 19.0 Å². The van der Waals surface area contributed by atoms with Crippen molar-refractivity contribution >= 4 is 34.5 Å². The van der Waals surface area contributed by atoms with Crippen molar-refractivity contribution in [2.45, 2.75) is 19.8 Å². The highest BCUT2D eigenvalue weighted by molar-refractivity contribution is 7.20. The minimum atomic E-state index is 0.0828. The second kappa shape index (κ2) is 7.23. The van der Waals surface area contributed by atoms with Gasteiger partial charge in [0, 0.05) is 38.5 Å². The molecule has 0 atom stereocenters. The van der Waals surface area contributed by atoms with Crippen molar-refractivity contribution in [3.05, 3.63) is 28.6 Å². The van der Waals surface area contributed by atoms with E-state index in [4.69, 9.17) is 0 Å². The number of carbonyl (C=O) groups excluding carboxylic acids is 2. The molecule has 0 saturated carbocycles. The van der Waals surface area contributed by atoms with E-state index in [0.717, 1.165) is 28.5 Å². The molecule has 122 valence electrons. The monoisotopic (exact) mass is 349 g/mol. The average molecular weight is 349 g/mol. The Morgan fingerprint density at radius 3 is 2.70 bits per heavy atom. The molecular formula is C16H19N3O2S2. The van der Waals surface area contributed by atoms with Crippen LogP contribution in [0, 0.1) is 0 Å². The highest BCUT2D eigenvalue weighted by Gasteiger charge is 2.21. The molecular weight excluding hydrogens is 330 g/mol.